The number of thiophene rings is 1. The fourth-order valence-corrected chi connectivity index (χ4v) is 3.08. The van der Waals surface area contributed by atoms with Crippen molar-refractivity contribution in [1.82, 2.24) is 4.98 Å². The number of hydrogen-bond donors (Lipinski definition) is 1. The number of anilines is 1. The zero-order valence-corrected chi connectivity index (χ0v) is 14.4. The van der Waals surface area contributed by atoms with Crippen molar-refractivity contribution in [2.24, 2.45) is 0 Å². The minimum atomic E-state index is -0.424. The number of carbonyl (C=O) groups excluding carboxylic acids is 1. The monoisotopic (exact) mass is 364 g/mol. The Bertz CT molecular complexity index is 861. The zero-order chi connectivity index (χ0) is 17.1. The first kappa shape index (κ1) is 16.4. The molecule has 0 fully saturated rings. The van der Waals surface area contributed by atoms with Crippen LogP contribution in [0.2, 0.25) is 5.02 Å². The number of hydrogen-bond acceptors (Lipinski definition) is 6. The van der Waals surface area contributed by atoms with E-state index in [0.29, 0.717) is 28.0 Å². The minimum absolute atomic E-state index is 0.187. The summed E-state index contributed by atoms with van der Waals surface area (Å²) in [6.07, 6.45) is 1.24. The van der Waals surface area contributed by atoms with Gasteiger partial charge in [-0.05, 0) is 17.5 Å². The molecule has 0 aliphatic rings. The topological polar surface area (TPSA) is 73.6 Å². The summed E-state index contributed by atoms with van der Waals surface area (Å²) >= 11 is 7.57. The average Bonchev–Trinajstić information content (AvgIpc) is 3.26. The van der Waals surface area contributed by atoms with E-state index < -0.39 is 5.91 Å². The highest BCUT2D eigenvalue weighted by Crippen LogP contribution is 2.36. The molecule has 0 spiro atoms. The van der Waals surface area contributed by atoms with Crippen molar-refractivity contribution < 1.29 is 18.7 Å². The highest BCUT2D eigenvalue weighted by Gasteiger charge is 2.21. The third kappa shape index (κ3) is 3.08. The van der Waals surface area contributed by atoms with Gasteiger partial charge in [0.05, 0.1) is 29.8 Å². The van der Waals surface area contributed by atoms with Crippen molar-refractivity contribution >= 4 is 34.5 Å². The van der Waals surface area contributed by atoms with Crippen molar-refractivity contribution in [1.29, 1.82) is 0 Å². The molecule has 124 valence electrons. The van der Waals surface area contributed by atoms with E-state index in [4.69, 9.17) is 25.5 Å². The second-order valence-electron chi connectivity index (χ2n) is 4.65. The van der Waals surface area contributed by atoms with Gasteiger partial charge in [0.15, 0.2) is 17.8 Å². The van der Waals surface area contributed by atoms with Crippen LogP contribution < -0.4 is 14.8 Å². The Morgan fingerprint density at radius 1 is 1.29 bits per heavy atom. The highest BCUT2D eigenvalue weighted by atomic mass is 35.5. The van der Waals surface area contributed by atoms with Gasteiger partial charge in [-0.15, -0.1) is 11.3 Å². The van der Waals surface area contributed by atoms with Gasteiger partial charge in [-0.25, -0.2) is 4.98 Å². The molecular weight excluding hydrogens is 352 g/mol. The highest BCUT2D eigenvalue weighted by molar-refractivity contribution is 7.13. The molecule has 0 saturated carbocycles. The third-order valence-corrected chi connectivity index (χ3v) is 4.41. The van der Waals surface area contributed by atoms with E-state index in [1.54, 1.807) is 12.1 Å². The van der Waals surface area contributed by atoms with Gasteiger partial charge in [-0.3, -0.25) is 4.79 Å². The molecule has 0 bridgehead atoms. The first-order valence-electron chi connectivity index (χ1n) is 6.84. The lowest BCUT2D eigenvalue weighted by Gasteiger charge is -2.12. The maximum Gasteiger partial charge on any atom is 0.278 e. The van der Waals surface area contributed by atoms with Crippen LogP contribution >= 0.6 is 22.9 Å². The molecule has 0 aliphatic carbocycles. The Morgan fingerprint density at radius 2 is 2.08 bits per heavy atom. The number of methoxy groups -OCH3 is 2. The maximum absolute atomic E-state index is 12.6. The summed E-state index contributed by atoms with van der Waals surface area (Å²) < 4.78 is 15.8. The molecule has 6 nitrogen and oxygen atoms in total. The van der Waals surface area contributed by atoms with Gasteiger partial charge in [0, 0.05) is 6.07 Å². The molecular formula is C16H13ClN2O4S. The summed E-state index contributed by atoms with van der Waals surface area (Å²) in [5.74, 6) is 0.866. The van der Waals surface area contributed by atoms with Crippen LogP contribution in [0.4, 0.5) is 5.69 Å². The summed E-state index contributed by atoms with van der Waals surface area (Å²) in [6.45, 7) is 0. The molecule has 1 amide bonds. The van der Waals surface area contributed by atoms with Gasteiger partial charge in [-0.2, -0.15) is 0 Å². The second kappa shape index (κ2) is 6.94. The molecule has 3 aromatic rings. The number of carbonyl (C=O) groups is 1. The predicted molar refractivity (Wildman–Crippen MR) is 92.3 cm³/mol. The first-order valence-corrected chi connectivity index (χ1v) is 8.10. The summed E-state index contributed by atoms with van der Waals surface area (Å²) in [4.78, 5) is 17.4. The lowest BCUT2D eigenvalue weighted by molar-refractivity contribution is 0.102. The standard InChI is InChI=1S/C16H13ClN2O4S/c1-21-11-7-12(22-2)10(6-9(11)17)19-16(20)14-15(23-8-18-14)13-4-3-5-24-13/h3-8H,1-2H3,(H,19,20). The summed E-state index contributed by atoms with van der Waals surface area (Å²) in [5.41, 5.74) is 0.597. The molecule has 24 heavy (non-hydrogen) atoms. The Balaban J connectivity index is 1.91. The van der Waals surface area contributed by atoms with Crippen molar-refractivity contribution in [3.63, 3.8) is 0 Å². The van der Waals surface area contributed by atoms with Gasteiger partial charge in [0.25, 0.3) is 5.91 Å². The van der Waals surface area contributed by atoms with E-state index in [1.807, 2.05) is 17.5 Å². The van der Waals surface area contributed by atoms with Crippen molar-refractivity contribution in [3.05, 3.63) is 46.8 Å². The largest absolute Gasteiger partial charge is 0.495 e. The normalized spacial score (nSPS) is 10.5. The Morgan fingerprint density at radius 3 is 2.75 bits per heavy atom. The first-order chi connectivity index (χ1) is 11.6. The minimum Gasteiger partial charge on any atom is -0.495 e. The Labute approximate surface area is 147 Å². The van der Waals surface area contributed by atoms with E-state index in [9.17, 15) is 4.79 Å². The molecule has 8 heteroatoms. The molecule has 1 N–H and O–H groups in total. The van der Waals surface area contributed by atoms with E-state index in [2.05, 4.69) is 10.3 Å². The van der Waals surface area contributed by atoms with Crippen molar-refractivity contribution in [2.75, 3.05) is 19.5 Å². The average molecular weight is 365 g/mol. The molecule has 0 unspecified atom stereocenters. The molecule has 3 rings (SSSR count). The fraction of sp³-hybridized carbons (Fsp3) is 0.125. The van der Waals surface area contributed by atoms with Gasteiger partial charge in [0.2, 0.25) is 0 Å². The Kier molecular flexibility index (Phi) is 4.73. The van der Waals surface area contributed by atoms with Gasteiger partial charge in [-0.1, -0.05) is 17.7 Å². The number of amides is 1. The van der Waals surface area contributed by atoms with Gasteiger partial charge >= 0.3 is 0 Å². The molecule has 0 aliphatic heterocycles. The molecule has 1 aromatic carbocycles. The quantitative estimate of drug-likeness (QED) is 0.729. The number of benzene rings is 1. The molecule has 0 radical (unpaired) electrons. The summed E-state index contributed by atoms with van der Waals surface area (Å²) in [6, 6.07) is 6.88. The van der Waals surface area contributed by atoms with Crippen LogP contribution in [0.25, 0.3) is 10.6 Å². The van der Waals surface area contributed by atoms with E-state index in [0.717, 1.165) is 4.88 Å². The number of nitrogens with one attached hydrogen (secondary N) is 1. The summed E-state index contributed by atoms with van der Waals surface area (Å²) in [5, 5.41) is 4.99. The van der Waals surface area contributed by atoms with Crippen LogP contribution in [-0.2, 0) is 0 Å². The van der Waals surface area contributed by atoms with E-state index in [1.165, 1.54) is 32.0 Å². The number of ether oxygens (including phenoxy) is 2. The molecule has 2 aromatic heterocycles. The lowest BCUT2D eigenvalue weighted by Crippen LogP contribution is -2.14. The molecule has 2 heterocycles. The van der Waals surface area contributed by atoms with Crippen LogP contribution in [0.1, 0.15) is 10.5 Å². The van der Waals surface area contributed by atoms with E-state index in [-0.39, 0.29) is 5.69 Å². The number of rotatable bonds is 5. The van der Waals surface area contributed by atoms with Crippen LogP contribution in [0.5, 0.6) is 11.5 Å². The lowest BCUT2D eigenvalue weighted by atomic mass is 10.2. The zero-order valence-electron chi connectivity index (χ0n) is 12.8. The van der Waals surface area contributed by atoms with Crippen LogP contribution in [0.3, 0.4) is 0 Å². The molecule has 0 saturated heterocycles. The number of aromatic nitrogens is 1. The number of nitrogens with zero attached hydrogens (tertiary/aromatic N) is 1. The predicted octanol–water partition coefficient (Wildman–Crippen LogP) is 4.33. The smallest absolute Gasteiger partial charge is 0.278 e. The second-order valence-corrected chi connectivity index (χ2v) is 6.00. The molecule has 0 atom stereocenters. The van der Waals surface area contributed by atoms with E-state index >= 15 is 0 Å². The van der Waals surface area contributed by atoms with Crippen LogP contribution in [0, 0.1) is 0 Å². The number of halogens is 1. The number of oxazole rings is 1. The van der Waals surface area contributed by atoms with Crippen molar-refractivity contribution in [2.45, 2.75) is 0 Å². The van der Waals surface area contributed by atoms with Crippen molar-refractivity contribution in [3.8, 4) is 22.1 Å². The third-order valence-electron chi connectivity index (χ3n) is 3.25. The SMILES string of the molecule is COc1cc(OC)c(NC(=O)c2ncoc2-c2cccs2)cc1Cl. The summed E-state index contributed by atoms with van der Waals surface area (Å²) in [7, 11) is 2.99. The van der Waals surface area contributed by atoms with Crippen LogP contribution in [0.15, 0.2) is 40.5 Å². The van der Waals surface area contributed by atoms with Gasteiger partial charge in [0.1, 0.15) is 11.5 Å². The maximum atomic E-state index is 12.6. The fourth-order valence-electron chi connectivity index (χ4n) is 2.13. The van der Waals surface area contributed by atoms with Gasteiger partial charge < -0.3 is 19.2 Å². The van der Waals surface area contributed by atoms with Crippen LogP contribution in [-0.4, -0.2) is 25.1 Å². The Hall–Kier alpha value is -2.51.